The monoisotopic (exact) mass is 455 g/mol. The Morgan fingerprint density at radius 3 is 2.68 bits per heavy atom. The molecule has 2 aromatic carbocycles. The van der Waals surface area contributed by atoms with Crippen LogP contribution in [0.3, 0.4) is 0 Å². The minimum atomic E-state index is -0.304. The number of halogens is 1. The van der Waals surface area contributed by atoms with E-state index in [4.69, 9.17) is 0 Å². The van der Waals surface area contributed by atoms with Crippen molar-refractivity contribution in [3.05, 3.63) is 75.2 Å². The summed E-state index contributed by atoms with van der Waals surface area (Å²) >= 11 is 4.87. The van der Waals surface area contributed by atoms with Crippen LogP contribution >= 0.6 is 27.3 Å². The first-order chi connectivity index (χ1) is 13.6. The predicted molar refractivity (Wildman–Crippen MR) is 115 cm³/mol. The first-order valence-corrected chi connectivity index (χ1v) is 10.6. The Bertz CT molecular complexity index is 1020. The predicted octanol–water partition coefficient (Wildman–Crippen LogP) is 5.22. The van der Waals surface area contributed by atoms with Gasteiger partial charge in [0.1, 0.15) is 0 Å². The topological polar surface area (TPSA) is 71.1 Å². The molecule has 0 saturated heterocycles. The van der Waals surface area contributed by atoms with E-state index in [2.05, 4.69) is 31.5 Å². The molecule has 0 fully saturated rings. The zero-order valence-electron chi connectivity index (χ0n) is 14.9. The average molecular weight is 456 g/mol. The van der Waals surface area contributed by atoms with Crippen molar-refractivity contribution < 1.29 is 9.59 Å². The molecule has 142 valence electrons. The summed E-state index contributed by atoms with van der Waals surface area (Å²) in [7, 11) is 0. The zero-order chi connectivity index (χ0) is 19.5. The highest BCUT2D eigenvalue weighted by Gasteiger charge is 2.30. The third-order valence-corrected chi connectivity index (χ3v) is 6.16. The number of anilines is 2. The maximum Gasteiger partial charge on any atom is 0.257 e. The Morgan fingerprint density at radius 1 is 1.07 bits per heavy atom. The molecule has 4 rings (SSSR count). The molecule has 1 unspecified atom stereocenters. The number of thiazole rings is 1. The van der Waals surface area contributed by atoms with Crippen LogP contribution in [0.1, 0.15) is 39.7 Å². The lowest BCUT2D eigenvalue weighted by Crippen LogP contribution is -2.24. The molecular formula is C21H18BrN3O2S. The highest BCUT2D eigenvalue weighted by molar-refractivity contribution is 9.10. The van der Waals surface area contributed by atoms with Crippen molar-refractivity contribution in [2.75, 3.05) is 10.6 Å². The molecule has 1 aliphatic rings. The van der Waals surface area contributed by atoms with Gasteiger partial charge in [0, 0.05) is 20.6 Å². The smallest absolute Gasteiger partial charge is 0.257 e. The van der Waals surface area contributed by atoms with E-state index in [0.29, 0.717) is 10.7 Å². The number of nitrogens with one attached hydrogen (secondary N) is 2. The molecule has 0 saturated carbocycles. The number of benzene rings is 2. The molecular weight excluding hydrogens is 438 g/mol. The van der Waals surface area contributed by atoms with Crippen molar-refractivity contribution >= 4 is 49.9 Å². The van der Waals surface area contributed by atoms with Gasteiger partial charge >= 0.3 is 0 Å². The van der Waals surface area contributed by atoms with Crippen molar-refractivity contribution in [1.29, 1.82) is 0 Å². The summed E-state index contributed by atoms with van der Waals surface area (Å²) in [6.07, 6.45) is 2.56. The summed E-state index contributed by atoms with van der Waals surface area (Å²) < 4.78 is 0.911. The SMILES string of the molecule is O=C(Nc1nc2c(s1)CCCC2C(=O)Nc1cccc(Br)c1)c1ccccc1. The second-order valence-corrected chi connectivity index (χ2v) is 8.59. The number of nitrogens with zero attached hydrogens (tertiary/aromatic N) is 1. The minimum absolute atomic E-state index is 0.0646. The highest BCUT2D eigenvalue weighted by Crippen LogP contribution is 2.37. The summed E-state index contributed by atoms with van der Waals surface area (Å²) in [6.45, 7) is 0. The number of hydrogen-bond acceptors (Lipinski definition) is 4. The quantitative estimate of drug-likeness (QED) is 0.566. The summed E-state index contributed by atoms with van der Waals surface area (Å²) in [6, 6.07) is 16.6. The molecule has 1 atom stereocenters. The van der Waals surface area contributed by atoms with E-state index in [1.165, 1.54) is 11.3 Å². The van der Waals surface area contributed by atoms with Gasteiger partial charge in [-0.1, -0.05) is 40.2 Å². The minimum Gasteiger partial charge on any atom is -0.325 e. The molecule has 7 heteroatoms. The number of aryl methyl sites for hydroxylation is 1. The van der Waals surface area contributed by atoms with Crippen LogP contribution in [0.5, 0.6) is 0 Å². The van der Waals surface area contributed by atoms with Gasteiger partial charge in [0.05, 0.1) is 11.6 Å². The van der Waals surface area contributed by atoms with Gasteiger partial charge in [-0.05, 0) is 49.6 Å². The summed E-state index contributed by atoms with van der Waals surface area (Å²) in [5, 5.41) is 6.38. The number of carbonyl (C=O) groups is 2. The highest BCUT2D eigenvalue weighted by atomic mass is 79.9. The van der Waals surface area contributed by atoms with Crippen molar-refractivity contribution in [2.24, 2.45) is 0 Å². The standard InChI is InChI=1S/C21H18BrN3O2S/c22-14-8-4-9-15(12-14)23-20(27)16-10-5-11-17-18(16)24-21(28-17)25-19(26)13-6-2-1-3-7-13/h1-4,6-9,12,16H,5,10-11H2,(H,23,27)(H,24,25,26). The Balaban J connectivity index is 1.51. The van der Waals surface area contributed by atoms with Gasteiger partial charge in [-0.15, -0.1) is 11.3 Å². The lowest BCUT2D eigenvalue weighted by Gasteiger charge is -2.20. The Morgan fingerprint density at radius 2 is 1.89 bits per heavy atom. The van der Waals surface area contributed by atoms with Gasteiger partial charge in [-0.3, -0.25) is 14.9 Å². The van der Waals surface area contributed by atoms with Crippen LogP contribution in [0.15, 0.2) is 59.1 Å². The molecule has 5 nitrogen and oxygen atoms in total. The first kappa shape index (κ1) is 18.8. The zero-order valence-corrected chi connectivity index (χ0v) is 17.3. The fourth-order valence-electron chi connectivity index (χ4n) is 3.28. The van der Waals surface area contributed by atoms with Crippen molar-refractivity contribution in [3.63, 3.8) is 0 Å². The third kappa shape index (κ3) is 4.15. The van der Waals surface area contributed by atoms with Gasteiger partial charge in [0.25, 0.3) is 5.91 Å². The van der Waals surface area contributed by atoms with Gasteiger partial charge in [0.2, 0.25) is 5.91 Å². The molecule has 0 spiro atoms. The van der Waals surface area contributed by atoms with Crippen molar-refractivity contribution in [2.45, 2.75) is 25.2 Å². The van der Waals surface area contributed by atoms with Crippen molar-refractivity contribution in [3.8, 4) is 0 Å². The van der Waals surface area contributed by atoms with E-state index in [-0.39, 0.29) is 17.7 Å². The van der Waals surface area contributed by atoms with Crippen LogP contribution in [0, 0.1) is 0 Å². The molecule has 0 bridgehead atoms. The fraction of sp³-hybridized carbons (Fsp3) is 0.190. The summed E-state index contributed by atoms with van der Waals surface area (Å²) in [5.41, 5.74) is 2.12. The molecule has 0 radical (unpaired) electrons. The fourth-order valence-corrected chi connectivity index (χ4v) is 4.74. The van der Waals surface area contributed by atoms with E-state index in [1.54, 1.807) is 12.1 Å². The summed E-state index contributed by atoms with van der Waals surface area (Å²) in [4.78, 5) is 30.9. The second kappa shape index (κ2) is 8.24. The van der Waals surface area contributed by atoms with Crippen LogP contribution < -0.4 is 10.6 Å². The lowest BCUT2D eigenvalue weighted by molar-refractivity contribution is -0.117. The van der Waals surface area contributed by atoms with E-state index in [9.17, 15) is 9.59 Å². The molecule has 28 heavy (non-hydrogen) atoms. The summed E-state index contributed by atoms with van der Waals surface area (Å²) in [5.74, 6) is -0.562. The van der Waals surface area contributed by atoms with Gasteiger partial charge in [0.15, 0.2) is 5.13 Å². The van der Waals surface area contributed by atoms with E-state index in [0.717, 1.165) is 40.0 Å². The molecule has 2 amide bonds. The Kier molecular flexibility index (Phi) is 5.54. The molecule has 0 aliphatic heterocycles. The van der Waals surface area contributed by atoms with E-state index < -0.39 is 0 Å². The third-order valence-electron chi connectivity index (χ3n) is 4.62. The van der Waals surface area contributed by atoms with E-state index >= 15 is 0 Å². The van der Waals surface area contributed by atoms with Gasteiger partial charge in [-0.2, -0.15) is 0 Å². The van der Waals surface area contributed by atoms with Crippen LogP contribution in [0.2, 0.25) is 0 Å². The number of rotatable bonds is 4. The van der Waals surface area contributed by atoms with Crippen molar-refractivity contribution in [1.82, 2.24) is 4.98 Å². The van der Waals surface area contributed by atoms with Crippen LogP contribution in [-0.4, -0.2) is 16.8 Å². The number of aromatic nitrogens is 1. The second-order valence-electron chi connectivity index (χ2n) is 6.59. The molecule has 1 heterocycles. The maximum absolute atomic E-state index is 12.8. The number of fused-ring (bicyclic) bond motifs is 1. The van der Waals surface area contributed by atoms with Gasteiger partial charge < -0.3 is 5.32 Å². The Hall–Kier alpha value is -2.51. The average Bonchev–Trinajstić information content (AvgIpc) is 3.11. The van der Waals surface area contributed by atoms with Crippen LogP contribution in [0.25, 0.3) is 0 Å². The molecule has 1 aromatic heterocycles. The number of amides is 2. The maximum atomic E-state index is 12.8. The van der Waals surface area contributed by atoms with Crippen LogP contribution in [-0.2, 0) is 11.2 Å². The Labute approximate surface area is 175 Å². The number of hydrogen-bond donors (Lipinski definition) is 2. The largest absolute Gasteiger partial charge is 0.325 e. The molecule has 2 N–H and O–H groups in total. The van der Waals surface area contributed by atoms with Crippen LogP contribution in [0.4, 0.5) is 10.8 Å². The molecule has 1 aliphatic carbocycles. The van der Waals surface area contributed by atoms with Gasteiger partial charge in [-0.25, -0.2) is 4.98 Å². The van der Waals surface area contributed by atoms with E-state index in [1.807, 2.05) is 42.5 Å². The lowest BCUT2D eigenvalue weighted by atomic mass is 9.90. The molecule has 3 aromatic rings. The number of carbonyl (C=O) groups excluding carboxylic acids is 2. The normalized spacial score (nSPS) is 15.5. The first-order valence-electron chi connectivity index (χ1n) is 9.02.